The van der Waals surface area contributed by atoms with Crippen LogP contribution < -0.4 is 0 Å². The Labute approximate surface area is 116 Å². The predicted octanol–water partition coefficient (Wildman–Crippen LogP) is 3.11. The standard InChI is InChI=1S/C16H25NO2/c1-4-18-19-13-16(3)12-17(10-14(16)2)11-15-8-6-5-7-9-15/h5-9,14H,4,10-13H2,1-3H3/t14-,16+/m1/s1. The molecule has 1 aromatic rings. The number of rotatable bonds is 6. The lowest BCUT2D eigenvalue weighted by molar-refractivity contribution is -0.307. The molecule has 1 aliphatic rings. The molecular formula is C16H25NO2. The first-order valence-electron chi connectivity index (χ1n) is 7.15. The van der Waals surface area contributed by atoms with Gasteiger partial charge in [0.05, 0.1) is 13.2 Å². The molecule has 19 heavy (non-hydrogen) atoms. The minimum absolute atomic E-state index is 0.184. The van der Waals surface area contributed by atoms with Gasteiger partial charge in [-0.15, -0.1) is 0 Å². The van der Waals surface area contributed by atoms with Crippen molar-refractivity contribution in [1.82, 2.24) is 4.90 Å². The van der Waals surface area contributed by atoms with Crippen LogP contribution in [0.1, 0.15) is 26.3 Å². The fraction of sp³-hybridized carbons (Fsp3) is 0.625. The average molecular weight is 263 g/mol. The molecule has 1 aromatic carbocycles. The van der Waals surface area contributed by atoms with Crippen molar-refractivity contribution in [2.24, 2.45) is 11.3 Å². The van der Waals surface area contributed by atoms with Gasteiger partial charge in [-0.1, -0.05) is 44.2 Å². The summed E-state index contributed by atoms with van der Waals surface area (Å²) >= 11 is 0. The molecule has 1 saturated heterocycles. The fourth-order valence-electron chi connectivity index (χ4n) is 2.75. The summed E-state index contributed by atoms with van der Waals surface area (Å²) in [6.07, 6.45) is 0. The van der Waals surface area contributed by atoms with Crippen LogP contribution in [0.25, 0.3) is 0 Å². The van der Waals surface area contributed by atoms with Crippen molar-refractivity contribution in [3.8, 4) is 0 Å². The van der Waals surface area contributed by atoms with E-state index in [-0.39, 0.29) is 5.41 Å². The number of nitrogens with zero attached hydrogens (tertiary/aromatic N) is 1. The Bertz CT molecular complexity index is 382. The van der Waals surface area contributed by atoms with Crippen LogP contribution in [0.2, 0.25) is 0 Å². The van der Waals surface area contributed by atoms with Gasteiger partial charge in [0.25, 0.3) is 0 Å². The molecule has 0 saturated carbocycles. The van der Waals surface area contributed by atoms with E-state index in [1.807, 2.05) is 6.92 Å². The molecule has 1 heterocycles. The van der Waals surface area contributed by atoms with E-state index >= 15 is 0 Å². The highest BCUT2D eigenvalue weighted by molar-refractivity contribution is 5.15. The third kappa shape index (κ3) is 3.78. The van der Waals surface area contributed by atoms with Gasteiger partial charge in [0.1, 0.15) is 0 Å². The SMILES string of the molecule is CCOOC[C@]1(C)CN(Cc2ccccc2)C[C@H]1C. The lowest BCUT2D eigenvalue weighted by Gasteiger charge is -2.27. The van der Waals surface area contributed by atoms with Crippen molar-refractivity contribution in [1.29, 1.82) is 0 Å². The second-order valence-electron chi connectivity index (χ2n) is 5.88. The molecule has 0 aromatic heterocycles. The zero-order chi connectivity index (χ0) is 13.7. The van der Waals surface area contributed by atoms with Crippen molar-refractivity contribution in [2.45, 2.75) is 27.3 Å². The van der Waals surface area contributed by atoms with E-state index in [1.54, 1.807) is 0 Å². The smallest absolute Gasteiger partial charge is 0.0891 e. The number of hydrogen-bond donors (Lipinski definition) is 0. The van der Waals surface area contributed by atoms with Crippen LogP contribution in [-0.2, 0) is 16.3 Å². The monoisotopic (exact) mass is 263 g/mol. The van der Waals surface area contributed by atoms with Crippen molar-refractivity contribution >= 4 is 0 Å². The van der Waals surface area contributed by atoms with Crippen molar-refractivity contribution in [3.05, 3.63) is 35.9 Å². The molecule has 0 N–H and O–H groups in total. The molecule has 3 heteroatoms. The van der Waals surface area contributed by atoms with Gasteiger partial charge in [-0.3, -0.25) is 4.90 Å². The molecule has 2 rings (SSSR count). The summed E-state index contributed by atoms with van der Waals surface area (Å²) in [5.74, 6) is 0.622. The van der Waals surface area contributed by atoms with Crippen LogP contribution >= 0.6 is 0 Å². The van der Waals surface area contributed by atoms with Gasteiger partial charge < -0.3 is 0 Å². The summed E-state index contributed by atoms with van der Waals surface area (Å²) < 4.78 is 0. The zero-order valence-electron chi connectivity index (χ0n) is 12.3. The highest BCUT2D eigenvalue weighted by Crippen LogP contribution is 2.36. The van der Waals surface area contributed by atoms with Crippen LogP contribution in [-0.4, -0.2) is 31.2 Å². The molecule has 0 aliphatic carbocycles. The molecule has 106 valence electrons. The number of hydrogen-bond acceptors (Lipinski definition) is 3. The molecule has 0 bridgehead atoms. The van der Waals surface area contributed by atoms with Gasteiger partial charge in [-0.25, -0.2) is 9.78 Å². The van der Waals surface area contributed by atoms with Crippen molar-refractivity contribution in [2.75, 3.05) is 26.3 Å². The highest BCUT2D eigenvalue weighted by atomic mass is 17.2. The quantitative estimate of drug-likeness (QED) is 0.447. The summed E-state index contributed by atoms with van der Waals surface area (Å²) in [5, 5.41) is 0. The van der Waals surface area contributed by atoms with Crippen molar-refractivity contribution in [3.63, 3.8) is 0 Å². The summed E-state index contributed by atoms with van der Waals surface area (Å²) in [7, 11) is 0. The van der Waals surface area contributed by atoms with Gasteiger partial charge in [0.2, 0.25) is 0 Å². The Balaban J connectivity index is 1.89. The van der Waals surface area contributed by atoms with E-state index in [0.717, 1.165) is 19.6 Å². The normalized spacial score (nSPS) is 27.8. The third-order valence-electron chi connectivity index (χ3n) is 4.15. The Morgan fingerprint density at radius 2 is 2.00 bits per heavy atom. The van der Waals surface area contributed by atoms with E-state index in [2.05, 4.69) is 49.1 Å². The molecule has 0 radical (unpaired) electrons. The minimum atomic E-state index is 0.184. The van der Waals surface area contributed by atoms with E-state index in [1.165, 1.54) is 5.56 Å². The van der Waals surface area contributed by atoms with Crippen LogP contribution in [0.15, 0.2) is 30.3 Å². The molecule has 1 fully saturated rings. The molecule has 0 spiro atoms. The molecule has 2 atom stereocenters. The Morgan fingerprint density at radius 1 is 1.26 bits per heavy atom. The van der Waals surface area contributed by atoms with Crippen molar-refractivity contribution < 1.29 is 9.78 Å². The predicted molar refractivity (Wildman–Crippen MR) is 76.6 cm³/mol. The largest absolute Gasteiger partial charge is 0.298 e. The Morgan fingerprint density at radius 3 is 2.68 bits per heavy atom. The summed E-state index contributed by atoms with van der Waals surface area (Å²) in [4.78, 5) is 12.9. The van der Waals surface area contributed by atoms with Crippen LogP contribution in [0.4, 0.5) is 0 Å². The molecular weight excluding hydrogens is 238 g/mol. The van der Waals surface area contributed by atoms with Gasteiger partial charge in [0, 0.05) is 25.0 Å². The van der Waals surface area contributed by atoms with Crippen LogP contribution in [0.3, 0.4) is 0 Å². The average Bonchev–Trinajstić information content (AvgIpc) is 2.66. The molecule has 3 nitrogen and oxygen atoms in total. The summed E-state index contributed by atoms with van der Waals surface area (Å²) in [6.45, 7) is 11.0. The third-order valence-corrected chi connectivity index (χ3v) is 4.15. The first-order valence-corrected chi connectivity index (χ1v) is 7.15. The maximum atomic E-state index is 5.31. The maximum Gasteiger partial charge on any atom is 0.0891 e. The summed E-state index contributed by atoms with van der Waals surface area (Å²) in [5.41, 5.74) is 1.56. The Hall–Kier alpha value is -0.900. The maximum absolute atomic E-state index is 5.31. The first kappa shape index (κ1) is 14.5. The molecule has 1 aliphatic heterocycles. The summed E-state index contributed by atoms with van der Waals surface area (Å²) in [6, 6.07) is 10.7. The lowest BCUT2D eigenvalue weighted by Crippen LogP contribution is -2.31. The first-order chi connectivity index (χ1) is 9.14. The van der Waals surface area contributed by atoms with E-state index < -0.39 is 0 Å². The van der Waals surface area contributed by atoms with E-state index in [0.29, 0.717) is 19.1 Å². The van der Waals surface area contributed by atoms with E-state index in [9.17, 15) is 0 Å². The number of likely N-dealkylation sites (tertiary alicyclic amines) is 1. The lowest BCUT2D eigenvalue weighted by atomic mass is 9.82. The second-order valence-corrected chi connectivity index (χ2v) is 5.88. The van der Waals surface area contributed by atoms with Crippen LogP contribution in [0, 0.1) is 11.3 Å². The Kier molecular flexibility index (Phi) is 4.97. The molecule has 0 amide bonds. The van der Waals surface area contributed by atoms with Crippen LogP contribution in [0.5, 0.6) is 0 Å². The topological polar surface area (TPSA) is 21.7 Å². The molecule has 0 unspecified atom stereocenters. The van der Waals surface area contributed by atoms with E-state index in [4.69, 9.17) is 9.78 Å². The second kappa shape index (κ2) is 6.51. The van der Waals surface area contributed by atoms with Gasteiger partial charge in [-0.2, -0.15) is 0 Å². The number of benzene rings is 1. The van der Waals surface area contributed by atoms with Gasteiger partial charge in [0.15, 0.2) is 0 Å². The zero-order valence-corrected chi connectivity index (χ0v) is 12.3. The fourth-order valence-corrected chi connectivity index (χ4v) is 2.75. The minimum Gasteiger partial charge on any atom is -0.298 e. The highest BCUT2D eigenvalue weighted by Gasteiger charge is 2.40. The van der Waals surface area contributed by atoms with Gasteiger partial charge >= 0.3 is 0 Å². The van der Waals surface area contributed by atoms with Gasteiger partial charge in [-0.05, 0) is 18.4 Å².